The van der Waals surface area contributed by atoms with E-state index in [-0.39, 0.29) is 39.8 Å². The highest BCUT2D eigenvalue weighted by Gasteiger charge is 2.33. The smallest absolute Gasteiger partial charge is 0.248 e. The molecular formula is C22H26ClN5O6S2. The Balaban J connectivity index is 1.67. The molecule has 0 saturated carbocycles. The second-order valence-electron chi connectivity index (χ2n) is 8.73. The van der Waals surface area contributed by atoms with Crippen LogP contribution in [-0.2, 0) is 10.0 Å². The van der Waals surface area contributed by atoms with Gasteiger partial charge in [-0.2, -0.15) is 4.31 Å². The topological polar surface area (TPSA) is 171 Å². The predicted octanol–water partition coefficient (Wildman–Crippen LogP) is 4.31. The fourth-order valence-corrected chi connectivity index (χ4v) is 6.77. The fourth-order valence-electron chi connectivity index (χ4n) is 4.03. The zero-order valence-electron chi connectivity index (χ0n) is 19.5. The number of anilines is 3. The molecule has 4 rings (SSSR count). The summed E-state index contributed by atoms with van der Waals surface area (Å²) in [5.41, 5.74) is 0.626. The van der Waals surface area contributed by atoms with Crippen LogP contribution in [0.15, 0.2) is 35.2 Å². The molecular weight excluding hydrogens is 530 g/mol. The lowest BCUT2D eigenvalue weighted by Crippen LogP contribution is -2.28. The van der Waals surface area contributed by atoms with Gasteiger partial charge in [0.05, 0.1) is 16.8 Å². The maximum Gasteiger partial charge on any atom is 0.248 e. The number of hydrogen-bond donors (Lipinski definition) is 5. The minimum Gasteiger partial charge on any atom is -0.546 e. The Morgan fingerprint density at radius 2 is 1.72 bits per heavy atom. The molecule has 1 fully saturated rings. The van der Waals surface area contributed by atoms with Crippen molar-refractivity contribution in [1.29, 1.82) is 0 Å². The van der Waals surface area contributed by atoms with E-state index in [2.05, 4.69) is 19.4 Å². The number of sulfonamides is 1. The van der Waals surface area contributed by atoms with Crippen LogP contribution in [0.4, 0.5) is 17.3 Å². The molecule has 0 radical (unpaired) electrons. The molecule has 0 spiro atoms. The first-order valence-corrected chi connectivity index (χ1v) is 14.0. The Hall–Kier alpha value is -2.84. The number of benzene rings is 2. The average Bonchev–Trinajstić information content (AvgIpc) is 3.46. The monoisotopic (exact) mass is 555 g/mol. The minimum absolute atomic E-state index is 0.00676. The normalized spacial score (nSPS) is 15.9. The van der Waals surface area contributed by atoms with Crippen molar-refractivity contribution in [3.05, 3.63) is 40.9 Å². The van der Waals surface area contributed by atoms with Gasteiger partial charge in [-0.05, 0) is 48.6 Å². The summed E-state index contributed by atoms with van der Waals surface area (Å²) in [6.07, 6.45) is 1.44. The predicted molar refractivity (Wildman–Crippen MR) is 136 cm³/mol. The Labute approximate surface area is 216 Å². The first-order chi connectivity index (χ1) is 17.0. The molecule has 2 atom stereocenters. The fraction of sp³-hybridized carbons (Fsp3) is 0.364. The molecule has 194 valence electrons. The number of nitrogens with one attached hydrogen (secondary N) is 2. The summed E-state index contributed by atoms with van der Waals surface area (Å²) in [6.45, 7) is 4.51. The molecule has 2 heterocycles. The molecule has 3 aromatic rings. The van der Waals surface area contributed by atoms with Crippen molar-refractivity contribution in [3.8, 4) is 17.2 Å². The number of phenols is 3. The van der Waals surface area contributed by atoms with Crippen LogP contribution in [0.5, 0.6) is 17.2 Å². The van der Waals surface area contributed by atoms with Gasteiger partial charge in [-0.25, -0.2) is 8.42 Å². The number of nitrogens with zero attached hydrogens (tertiary/aromatic N) is 3. The van der Waals surface area contributed by atoms with Crippen LogP contribution < -0.4 is 10.6 Å². The first kappa shape index (κ1) is 26.2. The number of rotatable bonds is 8. The van der Waals surface area contributed by atoms with Crippen LogP contribution in [0, 0.1) is 5.92 Å². The molecule has 0 aliphatic carbocycles. The lowest BCUT2D eigenvalue weighted by atomic mass is 9.95. The van der Waals surface area contributed by atoms with E-state index in [0.29, 0.717) is 18.7 Å². The van der Waals surface area contributed by atoms with Gasteiger partial charge in [-0.1, -0.05) is 31.5 Å². The first-order valence-electron chi connectivity index (χ1n) is 11.2. The zero-order chi connectivity index (χ0) is 26.2. The van der Waals surface area contributed by atoms with E-state index in [1.54, 1.807) is 6.07 Å². The quantitative estimate of drug-likeness (QED) is 0.199. The SMILES string of the molecule is CC(C)[C@@H](Nc1n[s+]([O-])nc1Nc1ccc(Cl)c(S(=O)(=O)N2CCCC2)c1O)c1ccc(O)c(O)c1. The van der Waals surface area contributed by atoms with Gasteiger partial charge in [0.1, 0.15) is 4.90 Å². The van der Waals surface area contributed by atoms with Crippen molar-refractivity contribution in [2.24, 2.45) is 5.92 Å². The second-order valence-corrected chi connectivity index (χ2v) is 11.8. The van der Waals surface area contributed by atoms with Crippen molar-refractivity contribution in [2.75, 3.05) is 23.7 Å². The lowest BCUT2D eigenvalue weighted by molar-refractivity contribution is 0.402. The van der Waals surface area contributed by atoms with Crippen molar-refractivity contribution < 1.29 is 28.3 Å². The summed E-state index contributed by atoms with van der Waals surface area (Å²) in [7, 11) is -4.03. The van der Waals surface area contributed by atoms with E-state index in [4.69, 9.17) is 11.6 Å². The minimum atomic E-state index is -4.03. The van der Waals surface area contributed by atoms with Crippen molar-refractivity contribution in [2.45, 2.75) is 37.6 Å². The van der Waals surface area contributed by atoms with Crippen molar-refractivity contribution in [1.82, 2.24) is 13.1 Å². The number of aromatic hydroxyl groups is 3. The number of phenolic OH excluding ortho intramolecular Hbond substituents is 3. The molecule has 0 amide bonds. The molecule has 0 bridgehead atoms. The maximum absolute atomic E-state index is 13.1. The standard InChI is InChI=1S/C22H26ClN5O6S2/c1-12(2)18(13-5-8-16(29)17(30)11-13)25-22-21(26-35(32)27-22)24-15-7-6-14(23)20(19(15)31)36(33,34)28-9-3-4-10-28/h5-8,11-12,18,29-31H,3-4,9-10H2,1-2H3,(H,24,26)(H,25,27)/t18-,35?/m1/s1. The van der Waals surface area contributed by atoms with E-state index in [1.165, 1.54) is 28.6 Å². The van der Waals surface area contributed by atoms with Gasteiger partial charge in [0.25, 0.3) is 0 Å². The Kier molecular flexibility index (Phi) is 7.48. The Bertz CT molecular complexity index is 1380. The summed E-state index contributed by atoms with van der Waals surface area (Å²) in [4.78, 5) is -0.415. The molecule has 1 aromatic heterocycles. The zero-order valence-corrected chi connectivity index (χ0v) is 21.9. The summed E-state index contributed by atoms with van der Waals surface area (Å²) in [5, 5.41) is 36.3. The molecule has 1 saturated heterocycles. The highest BCUT2D eigenvalue weighted by molar-refractivity contribution is 7.89. The largest absolute Gasteiger partial charge is 0.546 e. The van der Waals surface area contributed by atoms with Gasteiger partial charge >= 0.3 is 0 Å². The van der Waals surface area contributed by atoms with Gasteiger partial charge in [0.15, 0.2) is 28.4 Å². The highest BCUT2D eigenvalue weighted by Crippen LogP contribution is 2.42. The molecule has 14 heteroatoms. The third-order valence-corrected chi connectivity index (χ3v) is 8.96. The van der Waals surface area contributed by atoms with Crippen LogP contribution in [0.3, 0.4) is 0 Å². The van der Waals surface area contributed by atoms with E-state index >= 15 is 0 Å². The van der Waals surface area contributed by atoms with Crippen LogP contribution in [0.1, 0.15) is 38.3 Å². The molecule has 36 heavy (non-hydrogen) atoms. The van der Waals surface area contributed by atoms with E-state index in [9.17, 15) is 28.3 Å². The van der Waals surface area contributed by atoms with E-state index in [1.807, 2.05) is 13.8 Å². The number of aromatic nitrogens is 2. The number of hydrogen-bond acceptors (Lipinski definition) is 10. The van der Waals surface area contributed by atoms with Crippen LogP contribution in [0.25, 0.3) is 0 Å². The van der Waals surface area contributed by atoms with E-state index in [0.717, 1.165) is 12.8 Å². The van der Waals surface area contributed by atoms with Crippen LogP contribution >= 0.6 is 22.7 Å². The Morgan fingerprint density at radius 3 is 2.36 bits per heavy atom. The summed E-state index contributed by atoms with van der Waals surface area (Å²) in [5.74, 6) is -1.04. The molecule has 5 N–H and O–H groups in total. The third kappa shape index (κ3) is 5.15. The van der Waals surface area contributed by atoms with Gasteiger partial charge < -0.3 is 30.5 Å². The highest BCUT2D eigenvalue weighted by atomic mass is 35.5. The number of halogens is 1. The summed E-state index contributed by atoms with van der Waals surface area (Å²) in [6, 6.07) is 6.70. The van der Waals surface area contributed by atoms with E-state index < -0.39 is 37.9 Å². The average molecular weight is 556 g/mol. The van der Waals surface area contributed by atoms with Gasteiger partial charge in [-0.3, -0.25) is 0 Å². The van der Waals surface area contributed by atoms with Crippen LogP contribution in [-0.4, -0.2) is 54.4 Å². The van der Waals surface area contributed by atoms with Gasteiger partial charge in [-0.15, -0.1) is 0 Å². The van der Waals surface area contributed by atoms with Gasteiger partial charge in [0, 0.05) is 21.8 Å². The molecule has 1 aliphatic rings. The van der Waals surface area contributed by atoms with Gasteiger partial charge in [0.2, 0.25) is 21.7 Å². The summed E-state index contributed by atoms with van der Waals surface area (Å²) < 4.78 is 47.6. The van der Waals surface area contributed by atoms with Crippen LogP contribution in [0.2, 0.25) is 5.02 Å². The maximum atomic E-state index is 13.1. The van der Waals surface area contributed by atoms with Crippen molar-refractivity contribution >= 4 is 50.1 Å². The molecule has 2 aromatic carbocycles. The van der Waals surface area contributed by atoms with Crippen molar-refractivity contribution in [3.63, 3.8) is 0 Å². The summed E-state index contributed by atoms with van der Waals surface area (Å²) >= 11 is 4.22. The molecule has 11 nitrogen and oxygen atoms in total. The molecule has 1 aliphatic heterocycles. The second kappa shape index (κ2) is 10.3. The molecule has 1 unspecified atom stereocenters. The third-order valence-electron chi connectivity index (χ3n) is 5.88. The lowest BCUT2D eigenvalue weighted by Gasteiger charge is -2.23. The Morgan fingerprint density at radius 1 is 1.06 bits per heavy atom.